The van der Waals surface area contributed by atoms with Gasteiger partial charge in [0.25, 0.3) is 0 Å². The van der Waals surface area contributed by atoms with Gasteiger partial charge < -0.3 is 5.11 Å². The van der Waals surface area contributed by atoms with Crippen LogP contribution in [0.4, 0.5) is 0 Å². The first-order valence-electron chi connectivity index (χ1n) is 11.6. The number of carboxylic acid groups (broad SMARTS) is 1. The molecule has 26 heavy (non-hydrogen) atoms. The van der Waals surface area contributed by atoms with Gasteiger partial charge in [0.1, 0.15) is 17.3 Å². The van der Waals surface area contributed by atoms with Crippen molar-refractivity contribution in [2.24, 2.45) is 0 Å². The van der Waals surface area contributed by atoms with Gasteiger partial charge in [0, 0.05) is 6.42 Å². The third-order valence-electron chi connectivity index (χ3n) is 5.15. The first kappa shape index (κ1) is 25.8. The Balaban J connectivity index is 3.49. The molecule has 3 heteroatoms. The van der Waals surface area contributed by atoms with E-state index in [1.54, 1.807) is 0 Å². The molecule has 1 atom stereocenters. The van der Waals surface area contributed by atoms with Crippen molar-refractivity contribution in [2.75, 3.05) is 17.3 Å². The van der Waals surface area contributed by atoms with E-state index < -0.39 is 5.97 Å². The maximum Gasteiger partial charge on any atom is 0.303 e. The Morgan fingerprint density at radius 3 is 1.42 bits per heavy atom. The summed E-state index contributed by atoms with van der Waals surface area (Å²) in [6.45, 7) is 4.56. The third-order valence-corrected chi connectivity index (χ3v) is 7.74. The number of carbonyl (C=O) groups is 1. The second kappa shape index (κ2) is 21.1. The zero-order valence-corrected chi connectivity index (χ0v) is 18.7. The molecule has 0 radical (unpaired) electrons. The quantitative estimate of drug-likeness (QED) is 0.165. The van der Waals surface area contributed by atoms with E-state index in [-0.39, 0.29) is 0 Å². The van der Waals surface area contributed by atoms with Crippen LogP contribution in [0.3, 0.4) is 0 Å². The first-order valence-corrected chi connectivity index (χ1v) is 13.3. The smallest absolute Gasteiger partial charge is 0.303 e. The highest BCUT2D eigenvalue weighted by Gasteiger charge is 2.16. The maximum absolute atomic E-state index is 10.6. The fourth-order valence-corrected chi connectivity index (χ4v) is 5.92. The molecule has 0 saturated heterocycles. The van der Waals surface area contributed by atoms with Crippen LogP contribution in [-0.2, 0) is 15.7 Å². The number of carboxylic acids is 1. The van der Waals surface area contributed by atoms with Gasteiger partial charge in [-0.15, -0.1) is 0 Å². The van der Waals surface area contributed by atoms with Gasteiger partial charge in [0.15, 0.2) is 0 Å². The van der Waals surface area contributed by atoms with Crippen LogP contribution in [0.5, 0.6) is 0 Å². The average Bonchev–Trinajstić information content (AvgIpc) is 2.63. The highest BCUT2D eigenvalue weighted by molar-refractivity contribution is 7.96. The highest BCUT2D eigenvalue weighted by atomic mass is 32.2. The molecule has 0 spiro atoms. The number of hydrogen-bond donors (Lipinski definition) is 1. The van der Waals surface area contributed by atoms with E-state index in [1.165, 1.54) is 107 Å². The van der Waals surface area contributed by atoms with Gasteiger partial charge in [0.05, 0.1) is 0 Å². The predicted molar refractivity (Wildman–Crippen MR) is 119 cm³/mol. The largest absolute Gasteiger partial charge is 0.481 e. The summed E-state index contributed by atoms with van der Waals surface area (Å²) in [5.41, 5.74) is 0. The van der Waals surface area contributed by atoms with E-state index in [4.69, 9.17) is 5.11 Å². The maximum atomic E-state index is 10.6. The molecule has 156 valence electrons. The van der Waals surface area contributed by atoms with Gasteiger partial charge >= 0.3 is 5.97 Å². The van der Waals surface area contributed by atoms with Crippen molar-refractivity contribution < 1.29 is 9.90 Å². The van der Waals surface area contributed by atoms with Crippen molar-refractivity contribution in [1.29, 1.82) is 0 Å². The molecule has 0 aliphatic heterocycles. The van der Waals surface area contributed by atoms with Gasteiger partial charge in [-0.1, -0.05) is 84.5 Å². The van der Waals surface area contributed by atoms with Crippen LogP contribution in [-0.4, -0.2) is 28.3 Å². The van der Waals surface area contributed by atoms with E-state index in [0.29, 0.717) is 17.3 Å². The molecule has 0 aliphatic carbocycles. The summed E-state index contributed by atoms with van der Waals surface area (Å²) in [7, 11) is 0.553. The molecule has 2 nitrogen and oxygen atoms in total. The fraction of sp³-hybridized carbons (Fsp3) is 0.957. The summed E-state index contributed by atoms with van der Waals surface area (Å²) in [6, 6.07) is 0. The molecule has 1 unspecified atom stereocenters. The lowest BCUT2D eigenvalue weighted by atomic mass is 10.1. The second-order valence-electron chi connectivity index (χ2n) is 7.82. The van der Waals surface area contributed by atoms with Gasteiger partial charge in [0.2, 0.25) is 0 Å². The summed E-state index contributed by atoms with van der Waals surface area (Å²) in [4.78, 5) is 10.6. The number of aliphatic carboxylic acids is 1. The van der Waals surface area contributed by atoms with Crippen LogP contribution in [0.15, 0.2) is 0 Å². The molecule has 0 bridgehead atoms. The van der Waals surface area contributed by atoms with E-state index in [9.17, 15) is 4.79 Å². The molecule has 0 aromatic rings. The van der Waals surface area contributed by atoms with E-state index >= 15 is 0 Å². The lowest BCUT2D eigenvalue weighted by molar-refractivity contribution is -0.137. The number of unbranched alkanes of at least 4 members (excludes halogenated alkanes) is 13. The summed E-state index contributed by atoms with van der Waals surface area (Å²) in [5.74, 6) is 3.40. The van der Waals surface area contributed by atoms with Crippen molar-refractivity contribution in [2.45, 2.75) is 123 Å². The minimum Gasteiger partial charge on any atom is -0.481 e. The van der Waals surface area contributed by atoms with Crippen molar-refractivity contribution in [3.8, 4) is 0 Å². The van der Waals surface area contributed by atoms with Crippen LogP contribution in [0, 0.1) is 0 Å². The van der Waals surface area contributed by atoms with Crippen LogP contribution in [0.1, 0.15) is 123 Å². The third kappa shape index (κ3) is 20.1. The topological polar surface area (TPSA) is 37.3 Å². The molecule has 0 aliphatic rings. The Bertz CT molecular complexity index is 294. The molecular formula is C23H47O2S+. The molecule has 0 rings (SSSR count). The molecule has 0 aromatic carbocycles. The summed E-state index contributed by atoms with van der Waals surface area (Å²) in [6.07, 6.45) is 22.0. The minimum atomic E-state index is -0.639. The monoisotopic (exact) mass is 387 g/mol. The predicted octanol–water partition coefficient (Wildman–Crippen LogP) is 7.36. The van der Waals surface area contributed by atoms with Gasteiger partial charge in [-0.25, -0.2) is 0 Å². The normalized spacial score (nSPS) is 12.4. The van der Waals surface area contributed by atoms with E-state index in [2.05, 4.69) is 13.8 Å². The van der Waals surface area contributed by atoms with Gasteiger partial charge in [-0.05, 0) is 43.0 Å². The Hall–Kier alpha value is -0.180. The van der Waals surface area contributed by atoms with E-state index in [0.717, 1.165) is 12.8 Å². The SMILES string of the molecule is CCCCCCCCCCCCCC[S+](CCCC)CCCCC(=O)O. The summed E-state index contributed by atoms with van der Waals surface area (Å²) >= 11 is 0. The minimum absolute atomic E-state index is 0.351. The molecule has 0 saturated carbocycles. The van der Waals surface area contributed by atoms with Crippen molar-refractivity contribution in [1.82, 2.24) is 0 Å². The standard InChI is InChI=1S/C23H46O2S/c1-3-5-7-8-9-10-11-12-13-14-15-17-21-26(20-6-4-2)22-18-16-19-23(24)25/h3-22H2,1-2H3/p+1. The second-order valence-corrected chi connectivity index (χ2v) is 10.3. The Labute approximate surface area is 167 Å². The number of hydrogen-bond acceptors (Lipinski definition) is 1. The Kier molecular flexibility index (Phi) is 21.0. The van der Waals surface area contributed by atoms with Gasteiger partial charge in [-0.3, -0.25) is 4.79 Å². The van der Waals surface area contributed by atoms with Crippen molar-refractivity contribution in [3.05, 3.63) is 0 Å². The average molecular weight is 388 g/mol. The lowest BCUT2D eigenvalue weighted by Gasteiger charge is -2.09. The Morgan fingerprint density at radius 2 is 0.962 bits per heavy atom. The Morgan fingerprint density at radius 1 is 0.577 bits per heavy atom. The zero-order chi connectivity index (χ0) is 19.3. The molecular weight excluding hydrogens is 340 g/mol. The van der Waals surface area contributed by atoms with Crippen molar-refractivity contribution >= 4 is 16.9 Å². The molecule has 0 fully saturated rings. The molecule has 0 heterocycles. The van der Waals surface area contributed by atoms with Crippen LogP contribution >= 0.6 is 0 Å². The van der Waals surface area contributed by atoms with Crippen LogP contribution in [0.25, 0.3) is 0 Å². The van der Waals surface area contributed by atoms with Crippen LogP contribution in [0.2, 0.25) is 0 Å². The van der Waals surface area contributed by atoms with Crippen LogP contribution < -0.4 is 0 Å². The zero-order valence-electron chi connectivity index (χ0n) is 17.9. The number of rotatable bonds is 21. The first-order chi connectivity index (χ1) is 12.7. The molecule has 0 aromatic heterocycles. The fourth-order valence-electron chi connectivity index (χ4n) is 3.38. The van der Waals surface area contributed by atoms with E-state index in [1.807, 2.05) is 0 Å². The molecule has 0 amide bonds. The highest BCUT2D eigenvalue weighted by Crippen LogP contribution is 2.14. The summed E-state index contributed by atoms with van der Waals surface area (Å²) < 4.78 is 0. The molecule has 1 N–H and O–H groups in total. The van der Waals surface area contributed by atoms with Crippen molar-refractivity contribution in [3.63, 3.8) is 0 Å². The summed E-state index contributed by atoms with van der Waals surface area (Å²) in [5, 5.41) is 8.75. The van der Waals surface area contributed by atoms with Gasteiger partial charge in [-0.2, -0.15) is 0 Å². The lowest BCUT2D eigenvalue weighted by Crippen LogP contribution is -2.17.